The molecule has 1 rings (SSSR count). The van der Waals surface area contributed by atoms with E-state index >= 15 is 0 Å². The molecule has 0 saturated carbocycles. The van der Waals surface area contributed by atoms with Crippen molar-refractivity contribution in [1.29, 1.82) is 0 Å². The van der Waals surface area contributed by atoms with Crippen molar-refractivity contribution in [1.82, 2.24) is 0 Å². The molecule has 0 spiro atoms. The summed E-state index contributed by atoms with van der Waals surface area (Å²) in [5.74, 6) is 0.00227. The molecule has 2 atom stereocenters. The lowest BCUT2D eigenvalue weighted by Crippen LogP contribution is -2.28. The van der Waals surface area contributed by atoms with E-state index in [4.69, 9.17) is 4.74 Å². The van der Waals surface area contributed by atoms with Gasteiger partial charge in [-0.2, -0.15) is 0 Å². The molecule has 0 bridgehead atoms. The monoisotopic (exact) mass is 280 g/mol. The van der Waals surface area contributed by atoms with Gasteiger partial charge in [-0.3, -0.25) is 4.79 Å². The van der Waals surface area contributed by atoms with Gasteiger partial charge in [0.1, 0.15) is 0 Å². The number of halogens is 1. The number of carbonyl (C=O) groups excluding carboxylic acids is 1. The van der Waals surface area contributed by atoms with Gasteiger partial charge in [0.2, 0.25) is 0 Å². The van der Waals surface area contributed by atoms with E-state index in [2.05, 4.69) is 35.6 Å². The minimum atomic E-state index is -0.0677. The Bertz CT molecular complexity index is 211. The minimum Gasteiger partial charge on any atom is -0.469 e. The fourth-order valence-electron chi connectivity index (χ4n) is 1.46. The fourth-order valence-corrected chi connectivity index (χ4v) is 2.36. The van der Waals surface area contributed by atoms with Crippen LogP contribution in [0.2, 0.25) is 0 Å². The van der Waals surface area contributed by atoms with E-state index in [1.807, 2.05) is 0 Å². The first-order valence-electron chi connectivity index (χ1n) is 4.05. The van der Waals surface area contributed by atoms with Gasteiger partial charge in [0.05, 0.1) is 13.0 Å². The number of ether oxygens (including phenoxy) is 1. The average Bonchev–Trinajstić information content (AvgIpc) is 2.08. The molecule has 2 nitrogen and oxygen atoms in total. The summed E-state index contributed by atoms with van der Waals surface area (Å²) < 4.78 is 5.06. The molecule has 1 aliphatic carbocycles. The third-order valence-electron chi connectivity index (χ3n) is 2.24. The second-order valence-electron chi connectivity index (χ2n) is 3.06. The normalized spacial score (nSPS) is 29.4. The maximum Gasteiger partial charge on any atom is 0.310 e. The Labute approximate surface area is 86.5 Å². The quantitative estimate of drug-likeness (QED) is 0.319. The van der Waals surface area contributed by atoms with Crippen LogP contribution in [0.15, 0.2) is 11.6 Å². The molecule has 0 aromatic carbocycles. The molecule has 0 radical (unpaired) electrons. The fraction of sp³-hybridized carbons (Fsp3) is 0.667. The van der Waals surface area contributed by atoms with E-state index in [1.165, 1.54) is 12.7 Å². The molecule has 3 heteroatoms. The second kappa shape index (κ2) is 4.25. The maximum atomic E-state index is 11.3. The smallest absolute Gasteiger partial charge is 0.310 e. The first kappa shape index (κ1) is 10.0. The molecular weight excluding hydrogens is 267 g/mol. The van der Waals surface area contributed by atoms with Gasteiger partial charge in [0, 0.05) is 3.92 Å². The Morgan fingerprint density at radius 3 is 3.00 bits per heavy atom. The van der Waals surface area contributed by atoms with E-state index in [0.717, 1.165) is 12.8 Å². The van der Waals surface area contributed by atoms with Crippen molar-refractivity contribution in [3.05, 3.63) is 11.6 Å². The number of carbonyl (C=O) groups is 1. The summed E-state index contributed by atoms with van der Waals surface area (Å²) in [7, 11) is 1.46. The van der Waals surface area contributed by atoms with Crippen molar-refractivity contribution < 1.29 is 9.53 Å². The van der Waals surface area contributed by atoms with E-state index in [-0.39, 0.29) is 11.9 Å². The first-order valence-corrected chi connectivity index (χ1v) is 5.30. The SMILES string of the molecule is COC(=O)C1CCC=C(C)C1I. The van der Waals surface area contributed by atoms with Gasteiger partial charge >= 0.3 is 5.97 Å². The van der Waals surface area contributed by atoms with Crippen molar-refractivity contribution >= 4 is 28.6 Å². The zero-order valence-corrected chi connectivity index (χ0v) is 9.50. The van der Waals surface area contributed by atoms with Crippen LogP contribution in [0.4, 0.5) is 0 Å². The molecule has 1 aliphatic rings. The first-order chi connectivity index (χ1) is 5.66. The van der Waals surface area contributed by atoms with Crippen LogP contribution in [0.5, 0.6) is 0 Å². The van der Waals surface area contributed by atoms with Crippen LogP contribution in [0.25, 0.3) is 0 Å². The Morgan fingerprint density at radius 1 is 1.75 bits per heavy atom. The lowest BCUT2D eigenvalue weighted by Gasteiger charge is -2.24. The highest BCUT2D eigenvalue weighted by Crippen LogP contribution is 2.31. The highest BCUT2D eigenvalue weighted by atomic mass is 127. The lowest BCUT2D eigenvalue weighted by molar-refractivity contribution is -0.145. The summed E-state index contributed by atoms with van der Waals surface area (Å²) >= 11 is 2.31. The number of hydrogen-bond donors (Lipinski definition) is 0. The summed E-state index contributed by atoms with van der Waals surface area (Å²) in [6, 6.07) is 0. The molecule has 12 heavy (non-hydrogen) atoms. The van der Waals surface area contributed by atoms with Crippen LogP contribution in [0.1, 0.15) is 19.8 Å². The predicted molar refractivity (Wildman–Crippen MR) is 56.3 cm³/mol. The molecule has 0 aromatic heterocycles. The second-order valence-corrected chi connectivity index (χ2v) is 4.40. The van der Waals surface area contributed by atoms with Crippen LogP contribution in [-0.4, -0.2) is 17.0 Å². The Kier molecular flexibility index (Phi) is 3.55. The maximum absolute atomic E-state index is 11.3. The molecule has 0 aromatic rings. The predicted octanol–water partition coefficient (Wildman–Crippen LogP) is 2.32. The molecule has 0 heterocycles. The highest BCUT2D eigenvalue weighted by molar-refractivity contribution is 14.1. The van der Waals surface area contributed by atoms with Crippen molar-refractivity contribution in [2.45, 2.75) is 23.7 Å². The molecule has 0 aliphatic heterocycles. The van der Waals surface area contributed by atoms with Crippen LogP contribution in [0, 0.1) is 5.92 Å². The Hall–Kier alpha value is -0.0600. The number of rotatable bonds is 1. The van der Waals surface area contributed by atoms with E-state index < -0.39 is 0 Å². The van der Waals surface area contributed by atoms with Gasteiger partial charge in [-0.15, -0.1) is 0 Å². The lowest BCUT2D eigenvalue weighted by atomic mass is 9.90. The molecule has 0 saturated heterocycles. The van der Waals surface area contributed by atoms with E-state index in [0.29, 0.717) is 3.92 Å². The summed E-state index contributed by atoms with van der Waals surface area (Å²) in [5.41, 5.74) is 1.30. The molecule has 0 N–H and O–H groups in total. The number of methoxy groups -OCH3 is 1. The number of esters is 1. The van der Waals surface area contributed by atoms with E-state index in [1.54, 1.807) is 0 Å². The van der Waals surface area contributed by atoms with Crippen LogP contribution in [0.3, 0.4) is 0 Å². The van der Waals surface area contributed by atoms with Crippen molar-refractivity contribution in [3.8, 4) is 0 Å². The molecule has 68 valence electrons. The van der Waals surface area contributed by atoms with Gasteiger partial charge in [-0.1, -0.05) is 34.2 Å². The largest absolute Gasteiger partial charge is 0.469 e. The van der Waals surface area contributed by atoms with Crippen LogP contribution < -0.4 is 0 Å². The average molecular weight is 280 g/mol. The zero-order chi connectivity index (χ0) is 9.14. The third kappa shape index (κ3) is 2.00. The Balaban J connectivity index is 2.68. The molecule has 0 amide bonds. The van der Waals surface area contributed by atoms with Gasteiger partial charge in [-0.05, 0) is 19.8 Å². The topological polar surface area (TPSA) is 26.3 Å². The summed E-state index contributed by atoms with van der Waals surface area (Å²) in [6.45, 7) is 2.08. The minimum absolute atomic E-state index is 0.0677. The standard InChI is InChI=1S/C9H13IO2/c1-6-4-3-5-7(8(6)10)9(11)12-2/h4,7-8H,3,5H2,1-2H3. The summed E-state index contributed by atoms with van der Waals surface area (Å²) in [6.07, 6.45) is 4.14. The van der Waals surface area contributed by atoms with Crippen molar-refractivity contribution in [2.24, 2.45) is 5.92 Å². The van der Waals surface area contributed by atoms with Gasteiger partial charge in [0.15, 0.2) is 0 Å². The van der Waals surface area contributed by atoms with Gasteiger partial charge in [0.25, 0.3) is 0 Å². The Morgan fingerprint density at radius 2 is 2.42 bits per heavy atom. The van der Waals surface area contributed by atoms with Gasteiger partial charge in [-0.25, -0.2) is 0 Å². The van der Waals surface area contributed by atoms with Gasteiger partial charge < -0.3 is 4.74 Å². The van der Waals surface area contributed by atoms with Crippen LogP contribution in [-0.2, 0) is 9.53 Å². The molecule has 0 fully saturated rings. The molecule has 2 unspecified atom stereocenters. The summed E-state index contributed by atoms with van der Waals surface area (Å²) in [4.78, 5) is 11.3. The third-order valence-corrected chi connectivity index (χ3v) is 4.09. The highest BCUT2D eigenvalue weighted by Gasteiger charge is 2.29. The number of hydrogen-bond acceptors (Lipinski definition) is 2. The zero-order valence-electron chi connectivity index (χ0n) is 7.34. The number of alkyl halides is 1. The van der Waals surface area contributed by atoms with Crippen LogP contribution >= 0.6 is 22.6 Å². The van der Waals surface area contributed by atoms with E-state index in [9.17, 15) is 4.79 Å². The van der Waals surface area contributed by atoms with Crippen molar-refractivity contribution in [2.75, 3.05) is 7.11 Å². The number of allylic oxidation sites excluding steroid dienone is 2. The summed E-state index contributed by atoms with van der Waals surface area (Å²) in [5, 5.41) is 0. The van der Waals surface area contributed by atoms with Crippen molar-refractivity contribution in [3.63, 3.8) is 0 Å². The molecular formula is C9H13IO2.